The summed E-state index contributed by atoms with van der Waals surface area (Å²) in [6, 6.07) is 36.1. The molecule has 0 aliphatic heterocycles. The summed E-state index contributed by atoms with van der Waals surface area (Å²) < 4.78 is 375. The first-order chi connectivity index (χ1) is 52.4. The van der Waals surface area contributed by atoms with Crippen molar-refractivity contribution in [2.75, 3.05) is 0 Å². The number of benzene rings is 9. The maximum absolute atomic E-state index is 14.7. The van der Waals surface area contributed by atoms with E-state index in [1.54, 1.807) is 107 Å². The van der Waals surface area contributed by atoms with E-state index in [2.05, 4.69) is 23.7 Å². The maximum Gasteiger partial charge on any atom is 0.573 e. The molecule has 0 amide bonds. The highest BCUT2D eigenvalue weighted by Gasteiger charge is 2.46. The second-order valence-corrected chi connectivity index (χ2v) is 27.1. The molecule has 0 radical (unpaired) electrons. The summed E-state index contributed by atoms with van der Waals surface area (Å²) in [6.45, 7) is 6.06. The van der Waals surface area contributed by atoms with E-state index < -0.39 is 152 Å². The lowest BCUT2D eigenvalue weighted by Gasteiger charge is -2.21. The molecule has 12 rings (SSSR count). The molecule has 0 aliphatic rings. The van der Waals surface area contributed by atoms with E-state index in [-0.39, 0.29) is 47.0 Å². The van der Waals surface area contributed by atoms with E-state index in [0.29, 0.717) is 65.2 Å². The molecule has 0 fully saturated rings. The van der Waals surface area contributed by atoms with Crippen molar-refractivity contribution in [3.8, 4) is 93.5 Å². The summed E-state index contributed by atoms with van der Waals surface area (Å²) in [5, 5.41) is 0. The minimum Gasteiger partial charge on any atom is -0.429 e. The number of ether oxygens (including phenoxy) is 5. The van der Waals surface area contributed by atoms with Crippen LogP contribution in [-0.4, -0.2) is 12.7 Å². The number of aryl methyl sites for hydroxylation is 3. The second-order valence-electron chi connectivity index (χ2n) is 23.6. The fourth-order valence-corrected chi connectivity index (χ4v) is 13.6. The van der Waals surface area contributed by atoms with Gasteiger partial charge >= 0.3 is 37.2 Å². The monoisotopic (exact) mass is 1650 g/mol. The molecule has 0 bridgehead atoms. The Kier molecular flexibility index (Phi) is 24.9. The Hall–Kier alpha value is -10.7. The van der Waals surface area contributed by atoms with Crippen LogP contribution in [0.25, 0.3) is 64.7 Å². The Morgan fingerprint density at radius 3 is 0.759 bits per heavy atom. The van der Waals surface area contributed by atoms with Crippen molar-refractivity contribution in [3.63, 3.8) is 0 Å². The first-order valence-corrected chi connectivity index (χ1v) is 34.5. The third kappa shape index (κ3) is 20.1. The number of alkyl halides is 15. The van der Waals surface area contributed by atoms with E-state index in [9.17, 15) is 114 Å². The SMILES string of the molecule is CCc1ccc(-c2ccc(-c3cc(F)c(C(F)(F)Oc4cc(F)c(C(F)(F)F)c(F)c4)c(F)c3)cc2)s1.CCc1ccc(-c2ccc(-c3cc(F)c(C(F)(F)Oc4cc(F)c(OC(F)(F)F)c(F)c4)c(F)c3)cc2)s1.CCc1ccc(-c2ccc(-c3cc(F)c(C(F)(F)Oc4ccc(OC(F)(F)F)c(F)c4)c(F)c3)cc2)s1. The van der Waals surface area contributed by atoms with Gasteiger partial charge in [0.2, 0.25) is 5.75 Å². The van der Waals surface area contributed by atoms with Crippen LogP contribution in [0.5, 0.6) is 28.7 Å². The Morgan fingerprint density at radius 1 is 0.241 bits per heavy atom. The van der Waals surface area contributed by atoms with Gasteiger partial charge in [0.1, 0.15) is 86.0 Å². The molecule has 3 aromatic heterocycles. The molecular weight excluding hydrogens is 1610 g/mol. The summed E-state index contributed by atoms with van der Waals surface area (Å²) in [6.07, 6.45) is -27.7. The lowest BCUT2D eigenvalue weighted by Crippen LogP contribution is -2.25. The molecular formula is C78H46F26O5S3. The third-order valence-corrected chi connectivity index (χ3v) is 19.7. The van der Waals surface area contributed by atoms with Gasteiger partial charge < -0.3 is 23.7 Å². The lowest BCUT2D eigenvalue weighted by molar-refractivity contribution is -0.277. The van der Waals surface area contributed by atoms with Gasteiger partial charge in [-0.3, -0.25) is 0 Å². The number of thiophene rings is 3. The van der Waals surface area contributed by atoms with Gasteiger partial charge in [0.15, 0.2) is 23.2 Å². The predicted molar refractivity (Wildman–Crippen MR) is 365 cm³/mol. The Balaban J connectivity index is 0.000000178. The zero-order valence-electron chi connectivity index (χ0n) is 56.6. The molecule has 3 heterocycles. The fraction of sp³-hybridized carbons (Fsp3) is 0.154. The van der Waals surface area contributed by atoms with Crippen LogP contribution in [0, 0.1) is 64.0 Å². The molecule has 0 saturated carbocycles. The smallest absolute Gasteiger partial charge is 0.429 e. The number of hydrogen-bond acceptors (Lipinski definition) is 8. The van der Waals surface area contributed by atoms with E-state index in [1.165, 1.54) is 14.6 Å². The molecule has 588 valence electrons. The van der Waals surface area contributed by atoms with Crippen LogP contribution in [0.2, 0.25) is 0 Å². The van der Waals surface area contributed by atoms with E-state index in [0.717, 1.165) is 50.6 Å². The normalized spacial score (nSPS) is 12.1. The average molecular weight is 1650 g/mol. The quantitative estimate of drug-likeness (QED) is 0.0712. The van der Waals surface area contributed by atoms with Gasteiger partial charge in [0.05, 0.1) is 0 Å². The highest BCUT2D eigenvalue weighted by Crippen LogP contribution is 2.45. The van der Waals surface area contributed by atoms with Gasteiger partial charge in [0, 0.05) is 59.6 Å². The zero-order valence-corrected chi connectivity index (χ0v) is 59.1. The van der Waals surface area contributed by atoms with E-state index in [4.69, 9.17) is 0 Å². The van der Waals surface area contributed by atoms with Crippen LogP contribution < -0.4 is 23.7 Å². The lowest BCUT2D eigenvalue weighted by atomic mass is 10.0. The summed E-state index contributed by atoms with van der Waals surface area (Å²) in [7, 11) is 0. The number of hydrogen-bond donors (Lipinski definition) is 0. The van der Waals surface area contributed by atoms with Gasteiger partial charge in [-0.05, 0) is 154 Å². The summed E-state index contributed by atoms with van der Waals surface area (Å²) in [5.74, 6) is -27.3. The topological polar surface area (TPSA) is 46.2 Å². The summed E-state index contributed by atoms with van der Waals surface area (Å²) in [5.41, 5.74) is -4.38. The van der Waals surface area contributed by atoms with Gasteiger partial charge in [-0.15, -0.1) is 60.4 Å². The second kappa shape index (κ2) is 33.3. The standard InChI is InChI=1S/C26H15F9O2S.C26H15F9OS.C26H16F8O2S/c1-2-17-7-8-22(38-17)14-5-3-13(4-6-14)15-9-18(27)23(19(28)10-15)25(31,32)36-16-11-20(29)24(21(30)12-16)37-26(33,34)35;1-2-17-7-8-22(37-17)14-5-3-13(4-6-14)15-9-18(27)24(19(28)10-15)26(34,35)36-16-11-20(29)23(21(30)12-16)25(31,32)33;1-2-18-8-10-23(37-18)15-5-3-14(4-6-15)16-11-20(28)24(21(29)12-16)25(30,31)35-17-7-9-22(19(27)13-17)36-26(32,33)34/h3-12H,2H2,1H3;3-12H,2H2,1H3;3-13H,2H2,1H3. The molecule has 0 unspecified atom stereocenters. The van der Waals surface area contributed by atoms with Crippen molar-refractivity contribution in [3.05, 3.63) is 289 Å². The van der Waals surface area contributed by atoms with Gasteiger partial charge in [-0.2, -0.15) is 39.5 Å². The van der Waals surface area contributed by atoms with E-state index >= 15 is 0 Å². The van der Waals surface area contributed by atoms with Crippen molar-refractivity contribution in [2.24, 2.45) is 0 Å². The van der Waals surface area contributed by atoms with E-state index in [1.807, 2.05) is 57.2 Å². The summed E-state index contributed by atoms with van der Waals surface area (Å²) >= 11 is 4.77. The molecule has 0 atom stereocenters. The highest BCUT2D eigenvalue weighted by molar-refractivity contribution is 7.16. The van der Waals surface area contributed by atoms with Crippen LogP contribution in [0.15, 0.2) is 188 Å². The first-order valence-electron chi connectivity index (χ1n) is 32.1. The molecule has 5 nitrogen and oxygen atoms in total. The van der Waals surface area contributed by atoms with Crippen LogP contribution in [0.4, 0.5) is 114 Å². The Bertz CT molecular complexity index is 5240. The third-order valence-electron chi connectivity index (χ3n) is 15.9. The molecule has 9 aromatic carbocycles. The van der Waals surface area contributed by atoms with Crippen molar-refractivity contribution in [2.45, 2.75) is 77.3 Å². The molecule has 0 spiro atoms. The Morgan fingerprint density at radius 2 is 0.500 bits per heavy atom. The zero-order chi connectivity index (χ0) is 81.9. The molecule has 0 aliphatic carbocycles. The largest absolute Gasteiger partial charge is 0.573 e. The van der Waals surface area contributed by atoms with Crippen LogP contribution in [-0.2, 0) is 43.8 Å². The predicted octanol–water partition coefficient (Wildman–Crippen LogP) is 27.7. The fourth-order valence-electron chi connectivity index (χ4n) is 10.7. The molecule has 0 saturated heterocycles. The van der Waals surface area contributed by atoms with Crippen molar-refractivity contribution in [1.82, 2.24) is 0 Å². The highest BCUT2D eigenvalue weighted by atomic mass is 32.1. The Labute approximate surface area is 628 Å². The van der Waals surface area contributed by atoms with Crippen molar-refractivity contribution < 1.29 is 138 Å². The molecule has 0 N–H and O–H groups in total. The minimum absolute atomic E-state index is 0.0128. The average Bonchev–Trinajstić information content (AvgIpc) is 1.24. The maximum atomic E-state index is 14.7. The van der Waals surface area contributed by atoms with Gasteiger partial charge in [0.25, 0.3) is 0 Å². The van der Waals surface area contributed by atoms with Crippen LogP contribution in [0.1, 0.15) is 57.7 Å². The number of rotatable bonds is 20. The molecule has 34 heteroatoms. The van der Waals surface area contributed by atoms with Gasteiger partial charge in [-0.1, -0.05) is 93.6 Å². The minimum atomic E-state index is -5.47. The van der Waals surface area contributed by atoms with Crippen LogP contribution in [0.3, 0.4) is 0 Å². The number of halogens is 26. The first kappa shape index (κ1) is 83.7. The van der Waals surface area contributed by atoms with Crippen LogP contribution >= 0.6 is 34.0 Å². The summed E-state index contributed by atoms with van der Waals surface area (Å²) in [4.78, 5) is 6.48. The van der Waals surface area contributed by atoms with Crippen molar-refractivity contribution >= 4 is 34.0 Å². The molecule has 112 heavy (non-hydrogen) atoms. The molecule has 12 aromatic rings. The van der Waals surface area contributed by atoms with Crippen molar-refractivity contribution in [1.29, 1.82) is 0 Å². The van der Waals surface area contributed by atoms with Gasteiger partial charge in [-0.25, -0.2) is 48.3 Å².